The number of aromatic nitrogens is 4. The molecule has 2 aliphatic carbocycles. The number of terminal acetylenes is 1. The largest absolute Gasteiger partial charge is 0.358 e. The Hall–Kier alpha value is -5.06. The Morgan fingerprint density at radius 3 is 2.57 bits per heavy atom. The molecular weight excluding hydrogens is 751 g/mol. The smallest absolute Gasteiger partial charge is 0.273 e. The molecule has 0 radical (unpaired) electrons. The van der Waals surface area contributed by atoms with Crippen LogP contribution in [0.3, 0.4) is 0 Å². The molecule has 0 amide bonds. The second kappa shape index (κ2) is 15.3. The first-order valence-electron chi connectivity index (χ1n) is 20.4. The summed E-state index contributed by atoms with van der Waals surface area (Å²) in [5.41, 5.74) is 3.44. The van der Waals surface area contributed by atoms with Crippen molar-refractivity contribution in [3.8, 4) is 12.3 Å². The lowest BCUT2D eigenvalue weighted by Gasteiger charge is -2.37. The third kappa shape index (κ3) is 6.87. The van der Waals surface area contributed by atoms with Gasteiger partial charge in [-0.2, -0.15) is 0 Å². The van der Waals surface area contributed by atoms with E-state index in [1.807, 2.05) is 49.4 Å². The molecule has 0 bridgehead atoms. The maximum absolute atomic E-state index is 14.4. The summed E-state index contributed by atoms with van der Waals surface area (Å²) >= 11 is 0. The van der Waals surface area contributed by atoms with Gasteiger partial charge in [0.05, 0.1) is 23.9 Å². The van der Waals surface area contributed by atoms with E-state index in [1.54, 1.807) is 19.1 Å². The normalized spacial score (nSPS) is 23.0. The Labute approximate surface area is 339 Å². The van der Waals surface area contributed by atoms with E-state index in [-0.39, 0.29) is 36.9 Å². The van der Waals surface area contributed by atoms with Crippen molar-refractivity contribution in [2.24, 2.45) is 5.92 Å². The molecule has 12 heteroatoms. The van der Waals surface area contributed by atoms with Gasteiger partial charge in [-0.3, -0.25) is 4.79 Å². The Balaban J connectivity index is 1.16. The van der Waals surface area contributed by atoms with Gasteiger partial charge < -0.3 is 24.1 Å². The molecular formula is C46H49N5O6S. The van der Waals surface area contributed by atoms with E-state index in [4.69, 9.17) is 30.6 Å². The number of ether oxygens (including phenoxy) is 3. The molecule has 2 aromatic carbocycles. The van der Waals surface area contributed by atoms with Crippen molar-refractivity contribution in [1.82, 2.24) is 18.9 Å². The summed E-state index contributed by atoms with van der Waals surface area (Å²) in [6.45, 7) is 5.93. The SMILES string of the molecule is C#CC1CCN(c2nc(C(COC3CCCCO3)(OC3CC3)c3ccccc3)c3cc(C4=CCC(C)(S(=O)(=O)n5ccc6cc[nH]c(=O)c65)C(C)=C4)ccc3n2)CC1. The van der Waals surface area contributed by atoms with Crippen LogP contribution in [0, 0.1) is 18.3 Å². The Morgan fingerprint density at radius 1 is 1.03 bits per heavy atom. The highest BCUT2D eigenvalue weighted by molar-refractivity contribution is 7.91. The van der Waals surface area contributed by atoms with Crippen molar-refractivity contribution in [3.63, 3.8) is 0 Å². The number of rotatable bonds is 11. The summed E-state index contributed by atoms with van der Waals surface area (Å²) in [7, 11) is -4.05. The number of hydrogen-bond acceptors (Lipinski definition) is 9. The van der Waals surface area contributed by atoms with E-state index in [9.17, 15) is 13.2 Å². The van der Waals surface area contributed by atoms with Crippen LogP contribution in [0.5, 0.6) is 0 Å². The zero-order chi connectivity index (χ0) is 40.1. The number of pyridine rings is 1. The van der Waals surface area contributed by atoms with E-state index in [1.165, 1.54) is 12.4 Å². The number of allylic oxidation sites excluding steroid dienone is 3. The molecule has 4 aliphatic rings. The van der Waals surface area contributed by atoms with Gasteiger partial charge in [0.1, 0.15) is 10.3 Å². The summed E-state index contributed by atoms with van der Waals surface area (Å²) in [4.78, 5) is 28.3. The van der Waals surface area contributed by atoms with Crippen LogP contribution in [0.25, 0.3) is 27.4 Å². The minimum atomic E-state index is -4.05. The minimum absolute atomic E-state index is 0.0402. The quantitative estimate of drug-likeness (QED) is 0.136. The fourth-order valence-electron chi connectivity index (χ4n) is 8.58. The first-order chi connectivity index (χ1) is 28.1. The maximum atomic E-state index is 14.4. The van der Waals surface area contributed by atoms with Crippen molar-refractivity contribution >= 4 is 43.4 Å². The topological polar surface area (TPSA) is 129 Å². The number of fused-ring (bicyclic) bond motifs is 2. The molecule has 0 spiro atoms. The third-order valence-electron chi connectivity index (χ3n) is 12.5. The number of benzene rings is 2. The lowest BCUT2D eigenvalue weighted by atomic mass is 9.85. The van der Waals surface area contributed by atoms with Crippen molar-refractivity contribution in [2.45, 2.75) is 88.0 Å². The first kappa shape index (κ1) is 38.5. The highest BCUT2D eigenvalue weighted by atomic mass is 32.2. The molecule has 3 fully saturated rings. The zero-order valence-electron chi connectivity index (χ0n) is 33.0. The standard InChI is InChI=1S/C46H49N5O6S/c1-4-32-19-24-50(25-20-32)44-48-39-16-13-34(35-17-22-45(3,31(2)28-35)58(53,54)51-26-21-33-18-23-47-43(52)41(33)51)29-38(39)42(49-44)46(57-37-14-15-37,36-10-6-5-7-11-36)30-56-40-12-8-9-27-55-40/h1,5-7,10-11,13,16-18,21,23,26,28-29,32,37,40H,8-9,12,14-15,19-20,22,24-25,27,30H2,2-3H3,(H,47,52). The number of piperidine rings is 1. The van der Waals surface area contributed by atoms with E-state index in [0.717, 1.165) is 95.3 Å². The number of H-pyrrole nitrogens is 1. The monoisotopic (exact) mass is 799 g/mol. The number of anilines is 1. The van der Waals surface area contributed by atoms with Crippen LogP contribution in [0.2, 0.25) is 0 Å². The highest BCUT2D eigenvalue weighted by Crippen LogP contribution is 2.45. The van der Waals surface area contributed by atoms with Crippen LogP contribution in [0.15, 0.2) is 95.6 Å². The Bertz CT molecular complexity index is 2630. The molecule has 1 N–H and O–H groups in total. The van der Waals surface area contributed by atoms with Crippen molar-refractivity contribution < 1.29 is 22.6 Å². The fourth-order valence-corrected chi connectivity index (χ4v) is 10.4. The molecule has 2 saturated heterocycles. The predicted molar refractivity (Wildman–Crippen MR) is 226 cm³/mol. The second-order valence-corrected chi connectivity index (χ2v) is 18.5. The highest BCUT2D eigenvalue weighted by Gasteiger charge is 2.46. The van der Waals surface area contributed by atoms with Gasteiger partial charge in [0.15, 0.2) is 11.9 Å². The van der Waals surface area contributed by atoms with E-state index >= 15 is 0 Å². The average molecular weight is 800 g/mol. The number of nitrogens with zero attached hydrogens (tertiary/aromatic N) is 4. The molecule has 1 saturated carbocycles. The maximum Gasteiger partial charge on any atom is 0.273 e. The minimum Gasteiger partial charge on any atom is -0.358 e. The molecule has 3 unspecified atom stereocenters. The average Bonchev–Trinajstić information content (AvgIpc) is 3.96. The predicted octanol–water partition coefficient (Wildman–Crippen LogP) is 7.46. The van der Waals surface area contributed by atoms with Gasteiger partial charge in [0.25, 0.3) is 5.56 Å². The van der Waals surface area contributed by atoms with Crippen molar-refractivity contribution in [3.05, 3.63) is 118 Å². The van der Waals surface area contributed by atoms with Gasteiger partial charge in [-0.15, -0.1) is 12.3 Å². The van der Waals surface area contributed by atoms with Gasteiger partial charge in [-0.25, -0.2) is 22.4 Å². The fraction of sp³-hybridized carbons (Fsp3) is 0.413. The summed E-state index contributed by atoms with van der Waals surface area (Å²) in [6, 6.07) is 19.8. The van der Waals surface area contributed by atoms with Crippen LogP contribution < -0.4 is 10.5 Å². The van der Waals surface area contributed by atoms with Gasteiger partial charge in [-0.1, -0.05) is 48.6 Å². The number of aromatic amines is 1. The molecule has 3 aromatic heterocycles. The lowest BCUT2D eigenvalue weighted by molar-refractivity contribution is -0.197. The van der Waals surface area contributed by atoms with Crippen molar-refractivity contribution in [2.75, 3.05) is 31.2 Å². The van der Waals surface area contributed by atoms with Crippen molar-refractivity contribution in [1.29, 1.82) is 0 Å². The van der Waals surface area contributed by atoms with Crippen LogP contribution in [-0.4, -0.2) is 70.8 Å². The third-order valence-corrected chi connectivity index (χ3v) is 14.9. The number of hydrogen-bond donors (Lipinski definition) is 1. The molecule has 9 rings (SSSR count). The molecule has 2 aliphatic heterocycles. The molecule has 300 valence electrons. The van der Waals surface area contributed by atoms with Gasteiger partial charge in [-0.05, 0) is 112 Å². The summed E-state index contributed by atoms with van der Waals surface area (Å²) in [5.74, 6) is 3.79. The van der Waals surface area contributed by atoms with E-state index in [2.05, 4.69) is 34.0 Å². The summed E-state index contributed by atoms with van der Waals surface area (Å²) in [6.07, 6.45) is 19.1. The molecule has 5 heterocycles. The molecule has 3 atom stereocenters. The first-order valence-corrected chi connectivity index (χ1v) is 21.9. The van der Waals surface area contributed by atoms with E-state index < -0.39 is 25.9 Å². The van der Waals surface area contributed by atoms with Gasteiger partial charge >= 0.3 is 0 Å². The summed E-state index contributed by atoms with van der Waals surface area (Å²) in [5, 5.41) is 1.39. The second-order valence-electron chi connectivity index (χ2n) is 16.3. The lowest BCUT2D eigenvalue weighted by Crippen LogP contribution is -2.42. The van der Waals surface area contributed by atoms with Gasteiger partial charge in [0, 0.05) is 48.8 Å². The van der Waals surface area contributed by atoms with E-state index in [0.29, 0.717) is 23.5 Å². The number of nitrogens with one attached hydrogen (secondary N) is 1. The molecule has 11 nitrogen and oxygen atoms in total. The van der Waals surface area contributed by atoms with Crippen LogP contribution in [0.1, 0.15) is 82.0 Å². The van der Waals surface area contributed by atoms with Crippen LogP contribution >= 0.6 is 0 Å². The van der Waals surface area contributed by atoms with Crippen LogP contribution in [0.4, 0.5) is 5.95 Å². The Morgan fingerprint density at radius 2 is 1.84 bits per heavy atom. The zero-order valence-corrected chi connectivity index (χ0v) is 33.8. The molecule has 58 heavy (non-hydrogen) atoms. The van der Waals surface area contributed by atoms with Gasteiger partial charge in [0.2, 0.25) is 16.0 Å². The summed E-state index contributed by atoms with van der Waals surface area (Å²) < 4.78 is 48.6. The Kier molecular flexibility index (Phi) is 10.1. The van der Waals surface area contributed by atoms with Crippen LogP contribution in [-0.2, 0) is 29.8 Å². The molecule has 5 aromatic rings.